The normalized spacial score (nSPS) is 15.9. The predicted molar refractivity (Wildman–Crippen MR) is 101 cm³/mol. The zero-order chi connectivity index (χ0) is 18.4. The summed E-state index contributed by atoms with van der Waals surface area (Å²) in [6, 6.07) is 13.6. The summed E-state index contributed by atoms with van der Waals surface area (Å²) < 4.78 is 40.1. The lowest BCUT2D eigenvalue weighted by Gasteiger charge is -2.26. The van der Waals surface area contributed by atoms with Crippen molar-refractivity contribution in [3.05, 3.63) is 71.0 Å². The largest absolute Gasteiger partial charge is 0.299 e. The van der Waals surface area contributed by atoms with Crippen molar-refractivity contribution in [2.45, 2.75) is 38.1 Å². The van der Waals surface area contributed by atoms with Gasteiger partial charge < -0.3 is 0 Å². The van der Waals surface area contributed by atoms with Crippen LogP contribution in [0.25, 0.3) is 0 Å². The monoisotopic (exact) mass is 376 g/mol. The van der Waals surface area contributed by atoms with Crippen LogP contribution in [0.1, 0.15) is 36.0 Å². The molecule has 0 aliphatic carbocycles. The summed E-state index contributed by atoms with van der Waals surface area (Å²) in [6.45, 7) is 3.44. The van der Waals surface area contributed by atoms with Crippen molar-refractivity contribution >= 4 is 10.0 Å². The summed E-state index contributed by atoms with van der Waals surface area (Å²) in [4.78, 5) is 2.45. The Balaban J connectivity index is 1.56. The first kappa shape index (κ1) is 19.0. The molecule has 1 saturated heterocycles. The first-order chi connectivity index (χ1) is 12.5. The molecule has 0 spiro atoms. The van der Waals surface area contributed by atoms with E-state index >= 15 is 0 Å². The van der Waals surface area contributed by atoms with Gasteiger partial charge in [0.15, 0.2) is 0 Å². The van der Waals surface area contributed by atoms with E-state index in [-0.39, 0.29) is 18.1 Å². The fourth-order valence-corrected chi connectivity index (χ4v) is 4.38. The lowest BCUT2D eigenvalue weighted by molar-refractivity contribution is 0.221. The van der Waals surface area contributed by atoms with Crippen LogP contribution in [0.3, 0.4) is 0 Å². The number of likely N-dealkylation sites (tertiary alicyclic amines) is 1. The molecule has 1 aliphatic rings. The highest BCUT2D eigenvalue weighted by atomic mass is 32.2. The van der Waals surface area contributed by atoms with Crippen molar-refractivity contribution < 1.29 is 12.8 Å². The molecular formula is C20H25FN2O2S. The van der Waals surface area contributed by atoms with Gasteiger partial charge in [0, 0.05) is 13.1 Å². The Bertz CT molecular complexity index is 816. The maximum Gasteiger partial charge on any atom is 0.216 e. The first-order valence-corrected chi connectivity index (χ1v) is 10.7. The molecule has 6 heteroatoms. The number of nitrogens with zero attached hydrogens (tertiary/aromatic N) is 1. The van der Waals surface area contributed by atoms with Gasteiger partial charge in [-0.2, -0.15) is 0 Å². The number of hydrogen-bond donors (Lipinski definition) is 1. The number of benzene rings is 2. The van der Waals surface area contributed by atoms with Crippen LogP contribution in [-0.4, -0.2) is 26.4 Å². The molecule has 0 atom stereocenters. The molecule has 1 aliphatic heterocycles. The van der Waals surface area contributed by atoms with Gasteiger partial charge in [-0.25, -0.2) is 17.5 Å². The maximum absolute atomic E-state index is 12.9. The fraction of sp³-hybridized carbons (Fsp3) is 0.400. The average molecular weight is 376 g/mol. The second-order valence-electron chi connectivity index (χ2n) is 6.86. The molecule has 0 unspecified atom stereocenters. The molecule has 0 amide bonds. The zero-order valence-corrected chi connectivity index (χ0v) is 15.6. The summed E-state index contributed by atoms with van der Waals surface area (Å²) in [5.74, 6) is -0.523. The summed E-state index contributed by atoms with van der Waals surface area (Å²) in [5.41, 5.74) is 2.72. The van der Waals surface area contributed by atoms with Crippen LogP contribution in [-0.2, 0) is 28.9 Å². The van der Waals surface area contributed by atoms with Crippen molar-refractivity contribution in [3.63, 3.8) is 0 Å². The van der Waals surface area contributed by atoms with E-state index in [0.717, 1.165) is 25.2 Å². The molecule has 0 aromatic heterocycles. The lowest BCUT2D eigenvalue weighted by atomic mass is 10.1. The summed E-state index contributed by atoms with van der Waals surface area (Å²) in [6.07, 6.45) is 3.82. The topological polar surface area (TPSA) is 49.4 Å². The highest BCUT2D eigenvalue weighted by Crippen LogP contribution is 2.14. The molecule has 140 valence electrons. The molecule has 0 bridgehead atoms. The van der Waals surface area contributed by atoms with Crippen molar-refractivity contribution in [2.24, 2.45) is 0 Å². The Kier molecular flexibility index (Phi) is 6.40. The van der Waals surface area contributed by atoms with Crippen LogP contribution >= 0.6 is 0 Å². The minimum absolute atomic E-state index is 0.152. The van der Waals surface area contributed by atoms with Crippen LogP contribution in [0.15, 0.2) is 48.5 Å². The predicted octanol–water partition coefficient (Wildman–Crippen LogP) is 3.43. The molecule has 1 fully saturated rings. The van der Waals surface area contributed by atoms with Crippen LogP contribution in [0.2, 0.25) is 0 Å². The van der Waals surface area contributed by atoms with Gasteiger partial charge in [0.25, 0.3) is 0 Å². The Hall–Kier alpha value is -1.76. The van der Waals surface area contributed by atoms with E-state index in [1.54, 1.807) is 0 Å². The maximum atomic E-state index is 12.9. The molecule has 1 heterocycles. The minimum atomic E-state index is -3.47. The number of nitrogens with one attached hydrogen (secondary N) is 1. The number of sulfonamides is 1. The number of rotatable bonds is 7. The van der Waals surface area contributed by atoms with Gasteiger partial charge in [-0.3, -0.25) is 4.90 Å². The van der Waals surface area contributed by atoms with Crippen LogP contribution < -0.4 is 4.72 Å². The molecular weight excluding hydrogens is 351 g/mol. The summed E-state index contributed by atoms with van der Waals surface area (Å²) in [5, 5.41) is 0. The van der Waals surface area contributed by atoms with Gasteiger partial charge in [0.1, 0.15) is 5.82 Å². The van der Waals surface area contributed by atoms with Gasteiger partial charge in [0.2, 0.25) is 10.0 Å². The average Bonchev–Trinajstić information content (AvgIpc) is 2.63. The van der Waals surface area contributed by atoms with E-state index < -0.39 is 10.0 Å². The molecule has 4 nitrogen and oxygen atoms in total. The molecule has 0 radical (unpaired) electrons. The molecule has 2 aromatic carbocycles. The molecule has 2 aromatic rings. The van der Waals surface area contributed by atoms with E-state index in [2.05, 4.69) is 21.8 Å². The zero-order valence-electron chi connectivity index (χ0n) is 14.8. The Morgan fingerprint density at radius 1 is 0.923 bits per heavy atom. The van der Waals surface area contributed by atoms with Crippen molar-refractivity contribution in [1.29, 1.82) is 0 Å². The van der Waals surface area contributed by atoms with Gasteiger partial charge in [-0.15, -0.1) is 0 Å². The van der Waals surface area contributed by atoms with Gasteiger partial charge in [-0.05, 0) is 54.8 Å². The second kappa shape index (κ2) is 8.75. The Morgan fingerprint density at radius 3 is 2.35 bits per heavy atom. The molecule has 26 heavy (non-hydrogen) atoms. The van der Waals surface area contributed by atoms with E-state index in [0.29, 0.717) is 5.56 Å². The third-order valence-corrected chi connectivity index (χ3v) is 5.91. The van der Waals surface area contributed by atoms with E-state index in [4.69, 9.17) is 0 Å². The van der Waals surface area contributed by atoms with Crippen molar-refractivity contribution in [2.75, 3.05) is 13.1 Å². The molecule has 1 N–H and O–H groups in total. The minimum Gasteiger partial charge on any atom is -0.299 e. The second-order valence-corrected chi connectivity index (χ2v) is 8.67. The van der Waals surface area contributed by atoms with Gasteiger partial charge in [-0.1, -0.05) is 42.8 Å². The third-order valence-electron chi connectivity index (χ3n) is 4.61. The van der Waals surface area contributed by atoms with Crippen LogP contribution in [0.5, 0.6) is 0 Å². The SMILES string of the molecule is O=S(=O)(Cc1ccc(F)cc1)NCc1cccc(CN2CCCCC2)c1. The number of piperidine rings is 1. The van der Waals surface area contributed by atoms with E-state index in [1.807, 2.05) is 12.1 Å². The third kappa shape index (κ3) is 5.90. The van der Waals surface area contributed by atoms with Crippen LogP contribution in [0, 0.1) is 5.82 Å². The van der Waals surface area contributed by atoms with Crippen LogP contribution in [0.4, 0.5) is 4.39 Å². The van der Waals surface area contributed by atoms with E-state index in [9.17, 15) is 12.8 Å². The van der Waals surface area contributed by atoms with Crippen molar-refractivity contribution in [1.82, 2.24) is 9.62 Å². The number of halogens is 1. The number of hydrogen-bond acceptors (Lipinski definition) is 3. The molecule has 0 saturated carbocycles. The van der Waals surface area contributed by atoms with Gasteiger partial charge >= 0.3 is 0 Å². The smallest absolute Gasteiger partial charge is 0.216 e. The lowest BCUT2D eigenvalue weighted by Crippen LogP contribution is -2.29. The Labute approximate surface area is 155 Å². The first-order valence-electron chi connectivity index (χ1n) is 9.02. The standard InChI is InChI=1S/C20H25FN2O2S/c21-20-9-7-17(8-10-20)16-26(24,25)22-14-18-5-4-6-19(13-18)15-23-11-2-1-3-12-23/h4-10,13,22H,1-3,11-12,14-16H2. The van der Waals surface area contributed by atoms with Crippen molar-refractivity contribution in [3.8, 4) is 0 Å². The quantitative estimate of drug-likeness (QED) is 0.805. The Morgan fingerprint density at radius 2 is 1.62 bits per heavy atom. The summed E-state index contributed by atoms with van der Waals surface area (Å²) >= 11 is 0. The van der Waals surface area contributed by atoms with E-state index in [1.165, 1.54) is 49.1 Å². The highest BCUT2D eigenvalue weighted by Gasteiger charge is 2.13. The summed E-state index contributed by atoms with van der Waals surface area (Å²) in [7, 11) is -3.47. The highest BCUT2D eigenvalue weighted by molar-refractivity contribution is 7.88. The molecule has 3 rings (SSSR count). The van der Waals surface area contributed by atoms with Gasteiger partial charge in [0.05, 0.1) is 5.75 Å². The fourth-order valence-electron chi connectivity index (χ4n) is 3.26.